The fraction of sp³-hybridized carbons (Fsp3) is 0.567. The summed E-state index contributed by atoms with van der Waals surface area (Å²) in [6.45, 7) is 3.98. The zero-order valence-electron chi connectivity index (χ0n) is 49.5. The van der Waals surface area contributed by atoms with Gasteiger partial charge in [-0.2, -0.15) is 0 Å². The van der Waals surface area contributed by atoms with E-state index in [0.29, 0.717) is 69.9 Å². The molecule has 488 valence electrons. The number of ether oxygens (including phenoxy) is 7. The van der Waals surface area contributed by atoms with Gasteiger partial charge in [0.15, 0.2) is 35.8 Å². The first-order chi connectivity index (χ1) is 42.2. The highest BCUT2D eigenvalue weighted by molar-refractivity contribution is 7.12. The van der Waals surface area contributed by atoms with Gasteiger partial charge in [-0.1, -0.05) is 86.6 Å². The summed E-state index contributed by atoms with van der Waals surface area (Å²) in [7, 11) is 6.02. The van der Waals surface area contributed by atoms with Crippen LogP contribution < -0.4 is 27.6 Å². The van der Waals surface area contributed by atoms with Gasteiger partial charge in [-0.15, -0.1) is 22.7 Å². The van der Waals surface area contributed by atoms with Crippen molar-refractivity contribution in [2.75, 3.05) is 52.9 Å². The van der Waals surface area contributed by atoms with Crippen LogP contribution in [0.15, 0.2) is 102 Å². The van der Waals surface area contributed by atoms with Crippen LogP contribution in [0, 0.1) is 0 Å². The standard InChI is InChI=1S/C29H36N6O4.C19H22NO4S2.C12H22O11.BrH/c1-18(2)30-15-23-33-27(31-14-21(19-10-6-4-7-11-19)20-12-8-5-9-13-20)24-28(34-23)35(17-32-24)29-26(37)25(36)22(39-29)16-38-3;1-20(2)12-9-11(10-13(20)17-16(12)24-17)23-18(21)19(22,14-5-3-7-25-14)15-6-4-8-26-15;13-1-3-5(15)6(16)9(19)12(22-3)23-10-4(2-14)21-11(20)8(18)7(10)17;/h4-13,17-18,21-22,25-26,29-30,36-37H,14-16H2,1-3H3,(H,31,33,34);3-8,11-13,16-17,22H,9-10H2,1-2H3;3-20H,1-2H2;1H/q;+1;;/p-1/t22-,25-,26-,29-;11-,12-,13+,16-,17+;3-,4-,5+,6+,7-,8-,9-,10-,11-,12+;/m1.1./s1. The van der Waals surface area contributed by atoms with Crippen molar-refractivity contribution < 1.29 is 116 Å². The van der Waals surface area contributed by atoms with E-state index in [0.717, 1.165) is 17.3 Å². The average Bonchev–Trinajstić information content (AvgIpc) is 1.57. The van der Waals surface area contributed by atoms with Crippen LogP contribution in [-0.4, -0.2) is 250 Å². The number of likely N-dealkylation sites (N-methyl/N-ethyl adjacent to an activating group) is 1. The Bertz CT molecular complexity index is 3080. The van der Waals surface area contributed by atoms with Crippen molar-refractivity contribution in [1.29, 1.82) is 0 Å². The molecule has 19 atom stereocenters. The second kappa shape index (κ2) is 29.6. The van der Waals surface area contributed by atoms with Crippen molar-refractivity contribution in [3.05, 3.63) is 129 Å². The lowest BCUT2D eigenvalue weighted by Gasteiger charge is -2.45. The van der Waals surface area contributed by atoms with E-state index in [4.69, 9.17) is 48.2 Å². The molecule has 6 fully saturated rings. The Morgan fingerprint density at radius 2 is 1.33 bits per heavy atom. The number of imidazole rings is 1. The zero-order chi connectivity index (χ0) is 62.8. The molecule has 89 heavy (non-hydrogen) atoms. The number of hydrogen-bond acceptors (Lipinski definition) is 26. The molecule has 4 aromatic heterocycles. The van der Waals surface area contributed by atoms with Crippen LogP contribution in [0.4, 0.5) is 5.82 Å². The van der Waals surface area contributed by atoms with Crippen LogP contribution in [0.25, 0.3) is 11.2 Å². The number of carbonyl (C=O) groups is 1. The minimum atomic E-state index is -1.74. The fourth-order valence-corrected chi connectivity index (χ4v) is 14.0. The number of anilines is 1. The second-order valence-corrected chi connectivity index (χ2v) is 25.5. The molecule has 6 aromatic rings. The molecular formula is C60H80BrN7O19S2. The smallest absolute Gasteiger partial charge is 0.349 e. The number of rotatable bonds is 19. The number of methoxy groups -OCH3 is 1. The molecule has 6 aliphatic heterocycles. The third-order valence-corrected chi connectivity index (χ3v) is 19.3. The van der Waals surface area contributed by atoms with Crippen LogP contribution in [0.3, 0.4) is 0 Å². The van der Waals surface area contributed by atoms with Crippen LogP contribution in [0.2, 0.25) is 0 Å². The van der Waals surface area contributed by atoms with E-state index >= 15 is 0 Å². The Morgan fingerprint density at radius 1 is 0.730 bits per heavy atom. The first-order valence-corrected chi connectivity index (χ1v) is 31.0. The molecule has 13 N–H and O–H groups in total. The number of hydrogen-bond donors (Lipinski definition) is 13. The number of nitrogens with one attached hydrogen (secondary N) is 2. The van der Waals surface area contributed by atoms with E-state index in [9.17, 15) is 55.9 Å². The van der Waals surface area contributed by atoms with Gasteiger partial charge in [0.05, 0.1) is 56.5 Å². The maximum absolute atomic E-state index is 13.1. The molecule has 2 bridgehead atoms. The number of quaternary nitrogens is 1. The number of halogens is 1. The normalized spacial score (nSPS) is 32.7. The lowest BCUT2D eigenvalue weighted by molar-refractivity contribution is -0.938. The molecule has 12 rings (SSSR count). The number of benzene rings is 2. The minimum absolute atomic E-state index is 0. The molecule has 0 amide bonds. The van der Waals surface area contributed by atoms with Gasteiger partial charge in [-0.05, 0) is 34.0 Å². The molecule has 29 heteroatoms. The summed E-state index contributed by atoms with van der Waals surface area (Å²) in [6.07, 6.45) is -15.7. The summed E-state index contributed by atoms with van der Waals surface area (Å²) in [5.41, 5.74) is 1.73. The van der Waals surface area contributed by atoms with Gasteiger partial charge in [0, 0.05) is 38.5 Å². The maximum atomic E-state index is 13.1. The molecule has 0 saturated carbocycles. The predicted octanol–water partition coefficient (Wildman–Crippen LogP) is -3.21. The molecule has 26 nitrogen and oxygen atoms in total. The lowest BCUT2D eigenvalue weighted by atomic mass is 9.91. The first kappa shape index (κ1) is 68.7. The van der Waals surface area contributed by atoms with Gasteiger partial charge in [0.25, 0.3) is 0 Å². The molecule has 0 spiro atoms. The largest absolute Gasteiger partial charge is 1.00 e. The highest BCUT2D eigenvalue weighted by atomic mass is 79.9. The third-order valence-electron chi connectivity index (χ3n) is 17.3. The molecule has 0 aliphatic carbocycles. The van der Waals surface area contributed by atoms with Crippen LogP contribution in [0.1, 0.15) is 65.5 Å². The van der Waals surface area contributed by atoms with Crippen molar-refractivity contribution in [3.63, 3.8) is 0 Å². The number of carbonyl (C=O) groups excluding carboxylic acids is 1. The van der Waals surface area contributed by atoms with Gasteiger partial charge < -0.3 is 121 Å². The number of nitrogens with zero attached hydrogens (tertiary/aromatic N) is 5. The van der Waals surface area contributed by atoms with E-state index in [1.807, 2.05) is 59.3 Å². The van der Waals surface area contributed by atoms with E-state index in [2.05, 4.69) is 67.8 Å². The Labute approximate surface area is 532 Å². The number of piperidine rings is 1. The molecule has 2 aromatic carbocycles. The number of morpholine rings is 1. The van der Waals surface area contributed by atoms with Crippen LogP contribution >= 0.6 is 22.7 Å². The van der Waals surface area contributed by atoms with E-state index < -0.39 is 111 Å². The monoisotopic (exact) mass is 1350 g/mol. The van der Waals surface area contributed by atoms with Crippen LogP contribution in [0.5, 0.6) is 0 Å². The Morgan fingerprint density at radius 3 is 1.88 bits per heavy atom. The first-order valence-electron chi connectivity index (χ1n) is 29.3. The number of epoxide rings is 1. The maximum Gasteiger partial charge on any atom is 0.349 e. The molecule has 0 unspecified atom stereocenters. The Kier molecular flexibility index (Phi) is 22.8. The summed E-state index contributed by atoms with van der Waals surface area (Å²) in [5, 5.41) is 120. The molecule has 6 aliphatic rings. The van der Waals surface area contributed by atoms with Crippen molar-refractivity contribution >= 4 is 45.6 Å². The second-order valence-electron chi connectivity index (χ2n) is 23.6. The van der Waals surface area contributed by atoms with Crippen LogP contribution in [-0.2, 0) is 50.1 Å². The zero-order valence-corrected chi connectivity index (χ0v) is 52.7. The topological polar surface area (TPSA) is 375 Å². The molecular weight excluding hydrogens is 1270 g/mol. The summed E-state index contributed by atoms with van der Waals surface area (Å²) in [6, 6.07) is 29.0. The summed E-state index contributed by atoms with van der Waals surface area (Å²) in [4.78, 5) is 28.5. The van der Waals surface area contributed by atoms with Crippen molar-refractivity contribution in [2.24, 2.45) is 0 Å². The number of aliphatic hydroxyl groups is 11. The fourth-order valence-electron chi connectivity index (χ4n) is 12.3. The molecule has 0 radical (unpaired) electrons. The number of esters is 1. The van der Waals surface area contributed by atoms with Gasteiger partial charge >= 0.3 is 5.97 Å². The number of fused-ring (bicyclic) bond motifs is 6. The number of aromatic nitrogens is 4. The minimum Gasteiger partial charge on any atom is -1.00 e. The van der Waals surface area contributed by atoms with Crippen molar-refractivity contribution in [2.45, 2.75) is 167 Å². The number of thiophene rings is 2. The van der Waals surface area contributed by atoms with Gasteiger partial charge in [-0.3, -0.25) is 4.57 Å². The summed E-state index contributed by atoms with van der Waals surface area (Å²) in [5.74, 6) is 0.700. The molecule has 6 saturated heterocycles. The van der Waals surface area contributed by atoms with Crippen molar-refractivity contribution in [1.82, 2.24) is 24.8 Å². The highest BCUT2D eigenvalue weighted by Crippen LogP contribution is 2.52. The quantitative estimate of drug-likeness (QED) is 0.0216. The Hall–Kier alpha value is -4.62. The van der Waals surface area contributed by atoms with Gasteiger partial charge in [-0.25, -0.2) is 19.7 Å². The third kappa shape index (κ3) is 14.5. The Balaban J connectivity index is 0.000000165. The predicted molar refractivity (Wildman–Crippen MR) is 316 cm³/mol. The summed E-state index contributed by atoms with van der Waals surface area (Å²) < 4.78 is 40.7. The highest BCUT2D eigenvalue weighted by Gasteiger charge is 2.71. The number of aliphatic hydroxyl groups excluding tert-OH is 10. The van der Waals surface area contributed by atoms with Gasteiger partial charge in [0.2, 0.25) is 5.60 Å². The SMILES string of the molecule is COC[C@H]1O[C@@H](n2cnc3c(NCC(c4ccccc4)c4ccccc4)nc(CNC(C)C)nc32)[C@H](O)[C@@H]1O.C[N+]1(C)[C@@H]2C[C@@H](OC(=O)C(O)(c3cccs3)c3cccs3)C[C@H]1[C@@H]1O[C@@H]12.OC[C@H]1O[C@@H](O[C@H]2[C@H](O)[C@@H](O)[C@H](O)O[C@@H]2CO)[C@H](O)[C@@H](O)[C@H]1O.[Br-]. The average molecular weight is 1350 g/mol. The van der Waals surface area contributed by atoms with Gasteiger partial charge in [0.1, 0.15) is 103 Å². The summed E-state index contributed by atoms with van der Waals surface area (Å²) >= 11 is 2.74. The van der Waals surface area contributed by atoms with Crippen molar-refractivity contribution in [3.8, 4) is 0 Å². The van der Waals surface area contributed by atoms with E-state index in [1.165, 1.54) is 40.9 Å². The lowest BCUT2D eigenvalue weighted by Crippen LogP contribution is -3.00. The van der Waals surface area contributed by atoms with E-state index in [-0.39, 0.29) is 41.7 Å². The van der Waals surface area contributed by atoms with E-state index in [1.54, 1.807) is 23.0 Å². The molecule has 10 heterocycles.